The van der Waals surface area contributed by atoms with Gasteiger partial charge in [0, 0.05) is 63.6 Å². The van der Waals surface area contributed by atoms with Crippen molar-refractivity contribution < 1.29 is 27.5 Å². The van der Waals surface area contributed by atoms with Gasteiger partial charge in [-0.25, -0.2) is 4.79 Å². The van der Waals surface area contributed by atoms with Crippen LogP contribution in [0, 0.1) is 5.41 Å². The van der Waals surface area contributed by atoms with Gasteiger partial charge in [-0.15, -0.1) is 0 Å². The Hall–Kier alpha value is -3.12. The van der Waals surface area contributed by atoms with Crippen molar-refractivity contribution in [2.24, 2.45) is 5.41 Å². The molecular formula is C25H31F3N6O3. The summed E-state index contributed by atoms with van der Waals surface area (Å²) in [6.45, 7) is 4.74. The maximum Gasteiger partial charge on any atom is 0.416 e. The van der Waals surface area contributed by atoms with E-state index in [-0.39, 0.29) is 35.2 Å². The number of halogens is 3. The van der Waals surface area contributed by atoms with E-state index in [0.29, 0.717) is 58.2 Å². The number of aromatic nitrogens is 2. The number of alkyl halides is 3. The second-order valence-electron chi connectivity index (χ2n) is 10.1. The van der Waals surface area contributed by atoms with E-state index in [1.807, 2.05) is 4.90 Å². The van der Waals surface area contributed by atoms with Gasteiger partial charge in [0.15, 0.2) is 5.69 Å². The van der Waals surface area contributed by atoms with E-state index in [4.69, 9.17) is 4.74 Å². The fraction of sp³-hybridized carbons (Fsp3) is 0.560. The SMILES string of the molecule is CNC(=O)c1ccn(C(=O)N2CCC3(CCN(Cc4ccc(N5CCOCC5)cc4C(F)(F)F)C3)C2)n1. The normalized spacial score (nSPS) is 22.7. The Kier molecular flexibility index (Phi) is 6.88. The van der Waals surface area contributed by atoms with E-state index in [2.05, 4.69) is 15.3 Å². The molecule has 1 aromatic carbocycles. The molecule has 12 heteroatoms. The van der Waals surface area contributed by atoms with Crippen molar-refractivity contribution >= 4 is 17.6 Å². The number of likely N-dealkylation sites (tertiary alicyclic amines) is 2. The number of rotatable bonds is 4. The molecule has 37 heavy (non-hydrogen) atoms. The van der Waals surface area contributed by atoms with Gasteiger partial charge >= 0.3 is 12.2 Å². The molecule has 0 radical (unpaired) electrons. The van der Waals surface area contributed by atoms with Crippen molar-refractivity contribution in [2.45, 2.75) is 25.6 Å². The minimum atomic E-state index is -4.44. The molecule has 2 amide bonds. The first-order chi connectivity index (χ1) is 17.7. The maximum absolute atomic E-state index is 14.0. The highest BCUT2D eigenvalue weighted by Crippen LogP contribution is 2.41. The molecule has 0 aliphatic carbocycles. The number of amides is 2. The number of carbonyl (C=O) groups excluding carboxylic acids is 2. The predicted molar refractivity (Wildman–Crippen MR) is 129 cm³/mol. The summed E-state index contributed by atoms with van der Waals surface area (Å²) in [7, 11) is 1.50. The molecule has 9 nitrogen and oxygen atoms in total. The second kappa shape index (κ2) is 9.97. The molecular weight excluding hydrogens is 489 g/mol. The molecule has 4 heterocycles. The number of anilines is 1. The Morgan fingerprint density at radius 2 is 1.84 bits per heavy atom. The van der Waals surface area contributed by atoms with Crippen molar-refractivity contribution in [3.63, 3.8) is 0 Å². The van der Waals surface area contributed by atoms with Crippen LogP contribution < -0.4 is 10.2 Å². The summed E-state index contributed by atoms with van der Waals surface area (Å²) in [5, 5.41) is 6.55. The third-order valence-corrected chi connectivity index (χ3v) is 7.64. The molecule has 1 spiro atoms. The summed E-state index contributed by atoms with van der Waals surface area (Å²) in [5.74, 6) is -0.368. The molecule has 1 unspecified atom stereocenters. The molecule has 5 rings (SSSR count). The highest BCUT2D eigenvalue weighted by molar-refractivity contribution is 5.92. The van der Waals surface area contributed by atoms with Gasteiger partial charge in [0.2, 0.25) is 0 Å². The molecule has 3 aliphatic rings. The van der Waals surface area contributed by atoms with Crippen molar-refractivity contribution in [1.82, 2.24) is 24.9 Å². The molecule has 1 N–H and O–H groups in total. The number of morpholine rings is 1. The molecule has 3 saturated heterocycles. The average molecular weight is 521 g/mol. The van der Waals surface area contributed by atoms with Crippen LogP contribution in [0.1, 0.15) is 34.5 Å². The first-order valence-electron chi connectivity index (χ1n) is 12.5. The van der Waals surface area contributed by atoms with Crippen LogP contribution in [0.5, 0.6) is 0 Å². The van der Waals surface area contributed by atoms with Crippen LogP contribution in [-0.4, -0.2) is 91.0 Å². The standard InChI is InChI=1S/C25H31F3N6O3/c1-29-22(35)21-4-7-34(30-21)23(36)33-9-6-24(17-33)5-8-31(16-24)15-18-2-3-19(14-20(18)25(26,27)28)32-10-12-37-13-11-32/h2-4,7,14H,5-6,8-13,15-17H2,1H3,(H,29,35). The monoisotopic (exact) mass is 520 g/mol. The number of benzene rings is 1. The van der Waals surface area contributed by atoms with Crippen LogP contribution in [0.25, 0.3) is 0 Å². The smallest absolute Gasteiger partial charge is 0.378 e. The average Bonchev–Trinajstić information content (AvgIpc) is 3.64. The second-order valence-corrected chi connectivity index (χ2v) is 10.1. The highest BCUT2D eigenvalue weighted by atomic mass is 19.4. The molecule has 0 saturated carbocycles. The molecule has 3 aliphatic heterocycles. The van der Waals surface area contributed by atoms with Crippen LogP contribution in [0.3, 0.4) is 0 Å². The summed E-state index contributed by atoms with van der Waals surface area (Å²) in [4.78, 5) is 30.4. The predicted octanol–water partition coefficient (Wildman–Crippen LogP) is 2.66. The third kappa shape index (κ3) is 5.30. The van der Waals surface area contributed by atoms with Crippen molar-refractivity contribution in [2.75, 3.05) is 64.4 Å². The lowest BCUT2D eigenvalue weighted by Crippen LogP contribution is -2.37. The summed E-state index contributed by atoms with van der Waals surface area (Å²) in [5.41, 5.74) is 0.257. The number of nitrogens with one attached hydrogen (secondary N) is 1. The summed E-state index contributed by atoms with van der Waals surface area (Å²) in [6, 6.07) is 5.82. The Morgan fingerprint density at radius 1 is 1.08 bits per heavy atom. The minimum absolute atomic E-state index is 0.154. The summed E-state index contributed by atoms with van der Waals surface area (Å²) in [6.07, 6.45) is -1.38. The number of hydrogen-bond donors (Lipinski definition) is 1. The molecule has 2 aromatic rings. The Morgan fingerprint density at radius 3 is 2.57 bits per heavy atom. The van der Waals surface area contributed by atoms with Crippen LogP contribution in [-0.2, 0) is 17.5 Å². The number of ether oxygens (including phenoxy) is 1. The lowest BCUT2D eigenvalue weighted by molar-refractivity contribution is -0.138. The Balaban J connectivity index is 1.25. The molecule has 200 valence electrons. The molecule has 1 atom stereocenters. The molecule has 1 aromatic heterocycles. The quantitative estimate of drug-likeness (QED) is 0.668. The fourth-order valence-electron chi connectivity index (χ4n) is 5.64. The maximum atomic E-state index is 14.0. The lowest BCUT2D eigenvalue weighted by atomic mass is 9.86. The first kappa shape index (κ1) is 25.5. The Bertz CT molecular complexity index is 1160. The van der Waals surface area contributed by atoms with Crippen molar-refractivity contribution in [1.29, 1.82) is 0 Å². The molecule has 0 bridgehead atoms. The zero-order valence-corrected chi connectivity index (χ0v) is 20.8. The van der Waals surface area contributed by atoms with Crippen LogP contribution >= 0.6 is 0 Å². The zero-order chi connectivity index (χ0) is 26.2. The summed E-state index contributed by atoms with van der Waals surface area (Å²) < 4.78 is 48.5. The van der Waals surface area contributed by atoms with Crippen LogP contribution in [0.2, 0.25) is 0 Å². The summed E-state index contributed by atoms with van der Waals surface area (Å²) >= 11 is 0. The van der Waals surface area contributed by atoms with E-state index < -0.39 is 11.7 Å². The van der Waals surface area contributed by atoms with Gasteiger partial charge in [-0.05, 0) is 43.1 Å². The van der Waals surface area contributed by atoms with Gasteiger partial charge in [0.25, 0.3) is 5.91 Å². The largest absolute Gasteiger partial charge is 0.416 e. The highest BCUT2D eigenvalue weighted by Gasteiger charge is 2.45. The van der Waals surface area contributed by atoms with E-state index in [9.17, 15) is 22.8 Å². The third-order valence-electron chi connectivity index (χ3n) is 7.64. The van der Waals surface area contributed by atoms with Crippen molar-refractivity contribution in [3.05, 3.63) is 47.3 Å². The van der Waals surface area contributed by atoms with Gasteiger partial charge < -0.3 is 19.9 Å². The Labute approximate surface area is 213 Å². The van der Waals surface area contributed by atoms with E-state index >= 15 is 0 Å². The first-order valence-corrected chi connectivity index (χ1v) is 12.5. The number of nitrogens with zero attached hydrogens (tertiary/aromatic N) is 5. The van der Waals surface area contributed by atoms with E-state index in [1.54, 1.807) is 17.0 Å². The fourth-order valence-corrected chi connectivity index (χ4v) is 5.64. The van der Waals surface area contributed by atoms with Gasteiger partial charge in [0.05, 0.1) is 18.8 Å². The van der Waals surface area contributed by atoms with Gasteiger partial charge in [-0.3, -0.25) is 9.69 Å². The van der Waals surface area contributed by atoms with E-state index in [1.165, 1.54) is 30.1 Å². The lowest BCUT2D eigenvalue weighted by Gasteiger charge is -2.30. The van der Waals surface area contributed by atoms with Gasteiger partial charge in [0.1, 0.15) is 0 Å². The minimum Gasteiger partial charge on any atom is -0.378 e. The van der Waals surface area contributed by atoms with Crippen LogP contribution in [0.15, 0.2) is 30.5 Å². The van der Waals surface area contributed by atoms with Gasteiger partial charge in [-0.2, -0.15) is 23.0 Å². The topological polar surface area (TPSA) is 82.9 Å². The van der Waals surface area contributed by atoms with Gasteiger partial charge in [-0.1, -0.05) is 6.07 Å². The number of carbonyl (C=O) groups is 2. The van der Waals surface area contributed by atoms with Crippen molar-refractivity contribution in [3.8, 4) is 0 Å². The number of hydrogen-bond acceptors (Lipinski definition) is 6. The zero-order valence-electron chi connectivity index (χ0n) is 20.8. The van der Waals surface area contributed by atoms with E-state index in [0.717, 1.165) is 12.8 Å². The van der Waals surface area contributed by atoms with Crippen LogP contribution in [0.4, 0.5) is 23.7 Å². The molecule has 3 fully saturated rings.